The molecule has 0 radical (unpaired) electrons. The maximum absolute atomic E-state index is 13.1. The zero-order valence-electron chi connectivity index (χ0n) is 16.8. The predicted molar refractivity (Wildman–Crippen MR) is 114 cm³/mol. The number of rotatable bonds is 4. The molecular weight excluding hydrogens is 378 g/mol. The fourth-order valence-corrected chi connectivity index (χ4v) is 4.43. The predicted octanol–water partition coefficient (Wildman–Crippen LogP) is 2.53. The van der Waals surface area contributed by atoms with Crippen molar-refractivity contribution < 1.29 is 9.21 Å². The number of hydrogen-bond donors (Lipinski definition) is 1. The van der Waals surface area contributed by atoms with Crippen molar-refractivity contribution in [1.29, 1.82) is 0 Å². The van der Waals surface area contributed by atoms with E-state index in [0.29, 0.717) is 19.0 Å². The van der Waals surface area contributed by atoms with E-state index in [9.17, 15) is 4.79 Å². The molecule has 1 amide bonds. The molecule has 154 valence electrons. The van der Waals surface area contributed by atoms with Crippen molar-refractivity contribution in [3.63, 3.8) is 0 Å². The number of benzene rings is 1. The van der Waals surface area contributed by atoms with Crippen LogP contribution in [0.2, 0.25) is 0 Å². The van der Waals surface area contributed by atoms with Gasteiger partial charge in [-0.3, -0.25) is 9.78 Å². The zero-order chi connectivity index (χ0) is 20.3. The summed E-state index contributed by atoms with van der Waals surface area (Å²) in [6.07, 6.45) is 7.59. The second-order valence-corrected chi connectivity index (χ2v) is 7.86. The highest BCUT2D eigenvalue weighted by molar-refractivity contribution is 5.83. The summed E-state index contributed by atoms with van der Waals surface area (Å²) in [7, 11) is 0. The monoisotopic (exact) mass is 403 g/mol. The second kappa shape index (κ2) is 8.28. The van der Waals surface area contributed by atoms with Crippen LogP contribution in [-0.2, 0) is 4.79 Å². The lowest BCUT2D eigenvalue weighted by Gasteiger charge is -2.37. The van der Waals surface area contributed by atoms with E-state index in [1.54, 1.807) is 24.9 Å². The Morgan fingerprint density at radius 2 is 1.83 bits per heavy atom. The summed E-state index contributed by atoms with van der Waals surface area (Å²) < 4.78 is 5.21. The first-order valence-corrected chi connectivity index (χ1v) is 10.5. The number of anilines is 1. The zero-order valence-corrected chi connectivity index (χ0v) is 16.8. The molecule has 2 atom stereocenters. The minimum atomic E-state index is -0.0974. The van der Waals surface area contributed by atoms with E-state index in [2.05, 4.69) is 44.5 Å². The molecule has 2 fully saturated rings. The Hall–Kier alpha value is -3.19. The third kappa shape index (κ3) is 3.68. The van der Waals surface area contributed by atoms with Crippen LogP contribution in [0.25, 0.3) is 11.3 Å². The molecule has 0 unspecified atom stereocenters. The number of aromatic nitrogens is 2. The fraction of sp³-hybridized carbons (Fsp3) is 0.348. The molecule has 0 saturated carbocycles. The van der Waals surface area contributed by atoms with Crippen LogP contribution < -0.4 is 10.2 Å². The van der Waals surface area contributed by atoms with Gasteiger partial charge in [0.1, 0.15) is 5.69 Å². The molecule has 30 heavy (non-hydrogen) atoms. The van der Waals surface area contributed by atoms with Crippen LogP contribution in [0.1, 0.15) is 17.9 Å². The smallest absolute Gasteiger partial charge is 0.239 e. The van der Waals surface area contributed by atoms with Gasteiger partial charge in [0, 0.05) is 50.7 Å². The van der Waals surface area contributed by atoms with Crippen LogP contribution in [0.5, 0.6) is 0 Å². The molecule has 5 rings (SSSR count). The van der Waals surface area contributed by atoms with Crippen LogP contribution in [-0.4, -0.2) is 59.5 Å². The van der Waals surface area contributed by atoms with Gasteiger partial charge in [0.2, 0.25) is 5.91 Å². The lowest BCUT2D eigenvalue weighted by molar-refractivity contribution is -0.133. The number of amides is 1. The van der Waals surface area contributed by atoms with Gasteiger partial charge in [-0.25, -0.2) is 4.98 Å². The molecular formula is C23H25N5O2. The van der Waals surface area contributed by atoms with Crippen LogP contribution in [0.3, 0.4) is 0 Å². The highest BCUT2D eigenvalue weighted by Crippen LogP contribution is 2.29. The molecule has 7 heteroatoms. The van der Waals surface area contributed by atoms with Crippen molar-refractivity contribution in [3.8, 4) is 11.3 Å². The minimum absolute atomic E-state index is 0.0974. The summed E-state index contributed by atoms with van der Waals surface area (Å²) in [6.45, 7) is 3.71. The third-order valence-corrected chi connectivity index (χ3v) is 6.06. The van der Waals surface area contributed by atoms with Crippen LogP contribution in [0.4, 0.5) is 5.82 Å². The van der Waals surface area contributed by atoms with Crippen molar-refractivity contribution in [2.75, 3.05) is 37.6 Å². The Labute approximate surface area is 175 Å². The number of carbonyl (C=O) groups is 1. The average molecular weight is 403 g/mol. The van der Waals surface area contributed by atoms with Gasteiger partial charge in [-0.2, -0.15) is 0 Å². The van der Waals surface area contributed by atoms with Crippen molar-refractivity contribution in [2.24, 2.45) is 0 Å². The molecule has 0 bridgehead atoms. The van der Waals surface area contributed by atoms with E-state index in [1.165, 1.54) is 5.56 Å². The first-order chi connectivity index (χ1) is 14.8. The number of nitrogens with one attached hydrogen (secondary N) is 1. The summed E-state index contributed by atoms with van der Waals surface area (Å²) in [6, 6.07) is 12.2. The number of hydrogen-bond acceptors (Lipinski definition) is 6. The van der Waals surface area contributed by atoms with E-state index in [0.717, 1.165) is 43.1 Å². The Bertz CT molecular complexity index is 984. The fourth-order valence-electron chi connectivity index (χ4n) is 4.43. The first-order valence-electron chi connectivity index (χ1n) is 10.5. The number of piperazine rings is 1. The number of carbonyl (C=O) groups excluding carboxylic acids is 1. The standard InChI is InChI=1S/C23H25N5O2/c29-23(20-14-19(15-26-20)17-4-2-1-3-5-17)28-11-9-27(10-12-28)22-21(24-7-8-25-22)18-6-13-30-16-18/h1-8,13,16,19-20,26H,9-12,14-15H2/t19-,20-/m1/s1. The Morgan fingerprint density at radius 3 is 2.60 bits per heavy atom. The maximum atomic E-state index is 13.1. The van der Waals surface area contributed by atoms with Gasteiger partial charge in [0.25, 0.3) is 0 Å². The third-order valence-electron chi connectivity index (χ3n) is 6.06. The Morgan fingerprint density at radius 1 is 1.03 bits per heavy atom. The summed E-state index contributed by atoms with van der Waals surface area (Å²) in [5, 5.41) is 3.44. The summed E-state index contributed by atoms with van der Waals surface area (Å²) >= 11 is 0. The molecule has 2 aromatic heterocycles. The lowest BCUT2D eigenvalue weighted by atomic mass is 9.96. The molecule has 2 saturated heterocycles. The summed E-state index contributed by atoms with van der Waals surface area (Å²) in [5.41, 5.74) is 3.03. The highest BCUT2D eigenvalue weighted by atomic mass is 16.3. The molecule has 1 aromatic carbocycles. The summed E-state index contributed by atoms with van der Waals surface area (Å²) in [4.78, 5) is 26.3. The number of furan rings is 1. The van der Waals surface area contributed by atoms with Gasteiger partial charge in [0.15, 0.2) is 5.82 Å². The van der Waals surface area contributed by atoms with E-state index < -0.39 is 0 Å². The van der Waals surface area contributed by atoms with Crippen LogP contribution in [0, 0.1) is 0 Å². The van der Waals surface area contributed by atoms with Gasteiger partial charge in [-0.1, -0.05) is 30.3 Å². The molecule has 0 spiro atoms. The van der Waals surface area contributed by atoms with Gasteiger partial charge >= 0.3 is 0 Å². The van der Waals surface area contributed by atoms with Gasteiger partial charge in [-0.05, 0) is 24.0 Å². The first kappa shape index (κ1) is 18.8. The average Bonchev–Trinajstić information content (AvgIpc) is 3.52. The molecule has 3 aromatic rings. The molecule has 1 N–H and O–H groups in total. The SMILES string of the molecule is O=C([C@H]1C[C@@H](c2ccccc2)CN1)N1CCN(c2nccnc2-c2ccoc2)CC1. The minimum Gasteiger partial charge on any atom is -0.472 e. The van der Waals surface area contributed by atoms with Gasteiger partial charge < -0.3 is 19.5 Å². The molecule has 0 aliphatic carbocycles. The molecule has 7 nitrogen and oxygen atoms in total. The number of nitrogens with zero attached hydrogens (tertiary/aromatic N) is 4. The lowest BCUT2D eigenvalue weighted by Crippen LogP contribution is -2.53. The van der Waals surface area contributed by atoms with E-state index in [4.69, 9.17) is 4.42 Å². The topological polar surface area (TPSA) is 74.5 Å². The molecule has 4 heterocycles. The van der Waals surface area contributed by atoms with Crippen molar-refractivity contribution in [2.45, 2.75) is 18.4 Å². The van der Waals surface area contributed by atoms with E-state index in [-0.39, 0.29) is 11.9 Å². The quantitative estimate of drug-likeness (QED) is 0.722. The Balaban J connectivity index is 1.21. The molecule has 2 aliphatic rings. The van der Waals surface area contributed by atoms with Crippen LogP contribution >= 0.6 is 0 Å². The van der Waals surface area contributed by atoms with Gasteiger partial charge in [-0.15, -0.1) is 0 Å². The van der Waals surface area contributed by atoms with E-state index in [1.807, 2.05) is 17.0 Å². The van der Waals surface area contributed by atoms with Gasteiger partial charge in [0.05, 0.1) is 18.6 Å². The Kier molecular flexibility index (Phi) is 5.19. The van der Waals surface area contributed by atoms with Crippen molar-refractivity contribution >= 4 is 11.7 Å². The highest BCUT2D eigenvalue weighted by Gasteiger charge is 2.34. The molecule has 2 aliphatic heterocycles. The largest absolute Gasteiger partial charge is 0.472 e. The summed E-state index contributed by atoms with van der Waals surface area (Å²) in [5.74, 6) is 1.45. The second-order valence-electron chi connectivity index (χ2n) is 7.86. The van der Waals surface area contributed by atoms with Crippen molar-refractivity contribution in [3.05, 3.63) is 66.9 Å². The normalized spacial score (nSPS) is 21.7. The van der Waals surface area contributed by atoms with Crippen molar-refractivity contribution in [1.82, 2.24) is 20.2 Å². The maximum Gasteiger partial charge on any atom is 0.239 e. The van der Waals surface area contributed by atoms with Crippen LogP contribution in [0.15, 0.2) is 65.7 Å². The van der Waals surface area contributed by atoms with E-state index >= 15 is 0 Å².